The predicted molar refractivity (Wildman–Crippen MR) is 81.8 cm³/mol. The zero-order valence-corrected chi connectivity index (χ0v) is 11.9. The van der Waals surface area contributed by atoms with Crippen molar-refractivity contribution in [2.45, 2.75) is 26.7 Å². The molecule has 0 saturated carbocycles. The number of nitrogens with two attached hydrogens (primary N) is 1. The summed E-state index contributed by atoms with van der Waals surface area (Å²) in [6, 6.07) is 20.8. The van der Waals surface area contributed by atoms with E-state index in [1.807, 2.05) is 24.3 Å². The highest BCUT2D eigenvalue weighted by molar-refractivity contribution is 5.17. The summed E-state index contributed by atoms with van der Waals surface area (Å²) in [6.07, 6.45) is 0. The highest BCUT2D eigenvalue weighted by atomic mass is 14.4. The molecule has 18 heavy (non-hydrogen) atoms. The molecule has 0 fully saturated rings. The molecule has 0 atom stereocenters. The number of hydrogen-bond donors (Lipinski definition) is 1. The predicted octanol–water partition coefficient (Wildman–Crippen LogP) is 4.38. The molecule has 2 aromatic rings. The Morgan fingerprint density at radius 1 is 0.722 bits per heavy atom. The first kappa shape index (κ1) is 16.4. The molecule has 1 nitrogen and oxygen atoms in total. The second kappa shape index (κ2) is 10.5. The lowest BCUT2D eigenvalue weighted by Crippen LogP contribution is -1.83. The van der Waals surface area contributed by atoms with Crippen LogP contribution in [0.1, 0.15) is 30.9 Å². The largest absolute Gasteiger partial charge is 0.333 e. The van der Waals surface area contributed by atoms with Crippen LogP contribution in [0.2, 0.25) is 0 Å². The molecule has 2 rings (SSSR count). The van der Waals surface area contributed by atoms with Crippen molar-refractivity contribution in [3.63, 3.8) is 0 Å². The minimum absolute atomic E-state index is 0.659. The van der Waals surface area contributed by atoms with Gasteiger partial charge in [0, 0.05) is 0 Å². The van der Waals surface area contributed by atoms with Gasteiger partial charge in [-0.05, 0) is 25.5 Å². The highest BCUT2D eigenvalue weighted by Crippen LogP contribution is 2.11. The number of aryl methyl sites for hydroxylation is 1. The zero-order chi connectivity index (χ0) is 13.8. The molecule has 0 aliphatic heterocycles. The lowest BCUT2D eigenvalue weighted by atomic mass is 10.0. The molecule has 0 aliphatic rings. The van der Waals surface area contributed by atoms with E-state index in [2.05, 4.69) is 62.9 Å². The molecular formula is C17H25N. The smallest absolute Gasteiger partial charge is 0.0195 e. The summed E-state index contributed by atoms with van der Waals surface area (Å²) in [7, 11) is 1.50. The van der Waals surface area contributed by atoms with Crippen molar-refractivity contribution in [3.05, 3.63) is 71.8 Å². The van der Waals surface area contributed by atoms with E-state index in [9.17, 15) is 0 Å². The fourth-order valence-electron chi connectivity index (χ4n) is 1.37. The maximum Gasteiger partial charge on any atom is -0.0195 e. The molecule has 0 heterocycles. The molecule has 0 aliphatic carbocycles. The second-order valence-corrected chi connectivity index (χ2v) is 4.22. The Kier molecular flexibility index (Phi) is 9.61. The summed E-state index contributed by atoms with van der Waals surface area (Å²) < 4.78 is 0. The van der Waals surface area contributed by atoms with Crippen LogP contribution < -0.4 is 5.73 Å². The van der Waals surface area contributed by atoms with Gasteiger partial charge in [0.2, 0.25) is 0 Å². The Labute approximate surface area is 112 Å². The Bertz CT molecular complexity index is 379. The summed E-state index contributed by atoms with van der Waals surface area (Å²) in [5, 5.41) is 0. The van der Waals surface area contributed by atoms with Crippen LogP contribution in [0.4, 0.5) is 0 Å². The Morgan fingerprint density at radius 3 is 1.33 bits per heavy atom. The molecule has 2 aromatic carbocycles. The van der Waals surface area contributed by atoms with Crippen molar-refractivity contribution >= 4 is 0 Å². The SMILES string of the molecule is CC(C)c1ccccc1.CN.Cc1ccccc1. The van der Waals surface area contributed by atoms with E-state index >= 15 is 0 Å². The monoisotopic (exact) mass is 243 g/mol. The number of benzene rings is 2. The molecule has 0 aromatic heterocycles. The number of hydrogen-bond acceptors (Lipinski definition) is 1. The standard InChI is InChI=1S/C9H12.C7H8.CH5N/c1-8(2)9-6-4-3-5-7-9;1-7-5-3-2-4-6-7;1-2/h3-8H,1-2H3;2-6H,1H3;2H2,1H3. The third-order valence-corrected chi connectivity index (χ3v) is 2.41. The van der Waals surface area contributed by atoms with Crippen molar-refractivity contribution in [1.29, 1.82) is 0 Å². The van der Waals surface area contributed by atoms with Gasteiger partial charge >= 0.3 is 0 Å². The van der Waals surface area contributed by atoms with Crippen LogP contribution in [0, 0.1) is 6.92 Å². The van der Waals surface area contributed by atoms with E-state index in [0.717, 1.165) is 0 Å². The first-order valence-corrected chi connectivity index (χ1v) is 6.34. The van der Waals surface area contributed by atoms with Gasteiger partial charge in [-0.3, -0.25) is 0 Å². The minimum atomic E-state index is 0.659. The summed E-state index contributed by atoms with van der Waals surface area (Å²) in [6.45, 7) is 6.49. The maximum atomic E-state index is 4.50. The lowest BCUT2D eigenvalue weighted by molar-refractivity contribution is 0.867. The average molecular weight is 243 g/mol. The molecule has 0 saturated heterocycles. The Morgan fingerprint density at radius 2 is 1.11 bits per heavy atom. The topological polar surface area (TPSA) is 26.0 Å². The van der Waals surface area contributed by atoms with Crippen LogP contribution in [0.15, 0.2) is 60.7 Å². The van der Waals surface area contributed by atoms with Crippen LogP contribution in [-0.4, -0.2) is 7.05 Å². The van der Waals surface area contributed by atoms with E-state index in [1.165, 1.54) is 18.2 Å². The fraction of sp³-hybridized carbons (Fsp3) is 0.294. The van der Waals surface area contributed by atoms with Crippen LogP contribution in [0.5, 0.6) is 0 Å². The van der Waals surface area contributed by atoms with Gasteiger partial charge in [0.15, 0.2) is 0 Å². The fourth-order valence-corrected chi connectivity index (χ4v) is 1.37. The van der Waals surface area contributed by atoms with Crippen LogP contribution >= 0.6 is 0 Å². The molecule has 98 valence electrons. The Balaban J connectivity index is 0.000000289. The van der Waals surface area contributed by atoms with Crippen molar-refractivity contribution in [2.75, 3.05) is 7.05 Å². The first-order chi connectivity index (χ1) is 8.70. The van der Waals surface area contributed by atoms with E-state index in [0.29, 0.717) is 5.92 Å². The van der Waals surface area contributed by atoms with Crippen molar-refractivity contribution in [1.82, 2.24) is 0 Å². The zero-order valence-electron chi connectivity index (χ0n) is 11.9. The summed E-state index contributed by atoms with van der Waals surface area (Å²) in [5.41, 5.74) is 7.24. The van der Waals surface area contributed by atoms with Gasteiger partial charge in [-0.1, -0.05) is 80.1 Å². The summed E-state index contributed by atoms with van der Waals surface area (Å²) in [4.78, 5) is 0. The highest BCUT2D eigenvalue weighted by Gasteiger charge is 1.93. The van der Waals surface area contributed by atoms with Gasteiger partial charge in [-0.2, -0.15) is 0 Å². The van der Waals surface area contributed by atoms with Gasteiger partial charge in [0.1, 0.15) is 0 Å². The first-order valence-electron chi connectivity index (χ1n) is 6.34. The molecule has 0 amide bonds. The van der Waals surface area contributed by atoms with E-state index < -0.39 is 0 Å². The van der Waals surface area contributed by atoms with E-state index in [4.69, 9.17) is 0 Å². The van der Waals surface area contributed by atoms with Gasteiger partial charge in [0.25, 0.3) is 0 Å². The lowest BCUT2D eigenvalue weighted by Gasteiger charge is -2.01. The minimum Gasteiger partial charge on any atom is -0.333 e. The van der Waals surface area contributed by atoms with E-state index in [-0.39, 0.29) is 0 Å². The van der Waals surface area contributed by atoms with Crippen LogP contribution in [-0.2, 0) is 0 Å². The van der Waals surface area contributed by atoms with Gasteiger partial charge in [0.05, 0.1) is 0 Å². The Hall–Kier alpha value is -1.60. The maximum absolute atomic E-state index is 4.50. The molecule has 0 unspecified atom stereocenters. The van der Waals surface area contributed by atoms with Crippen LogP contribution in [0.3, 0.4) is 0 Å². The van der Waals surface area contributed by atoms with Gasteiger partial charge in [-0.25, -0.2) is 0 Å². The molecule has 0 bridgehead atoms. The molecule has 2 N–H and O–H groups in total. The molecule has 1 heteroatoms. The quantitative estimate of drug-likeness (QED) is 0.790. The third-order valence-electron chi connectivity index (χ3n) is 2.41. The second-order valence-electron chi connectivity index (χ2n) is 4.22. The molecular weight excluding hydrogens is 218 g/mol. The van der Waals surface area contributed by atoms with Crippen molar-refractivity contribution < 1.29 is 0 Å². The third kappa shape index (κ3) is 7.64. The van der Waals surface area contributed by atoms with Crippen molar-refractivity contribution in [3.8, 4) is 0 Å². The summed E-state index contributed by atoms with van der Waals surface area (Å²) in [5.74, 6) is 0.659. The molecule has 0 spiro atoms. The number of rotatable bonds is 1. The van der Waals surface area contributed by atoms with Crippen LogP contribution in [0.25, 0.3) is 0 Å². The van der Waals surface area contributed by atoms with Gasteiger partial charge in [-0.15, -0.1) is 0 Å². The van der Waals surface area contributed by atoms with Gasteiger partial charge < -0.3 is 5.73 Å². The normalized spacial score (nSPS) is 8.78. The average Bonchev–Trinajstić information content (AvgIpc) is 2.43. The van der Waals surface area contributed by atoms with Crippen molar-refractivity contribution in [2.24, 2.45) is 5.73 Å². The molecule has 0 radical (unpaired) electrons. The summed E-state index contributed by atoms with van der Waals surface area (Å²) >= 11 is 0. The van der Waals surface area contributed by atoms with E-state index in [1.54, 1.807) is 0 Å².